The number of amides is 1. The number of carbonyl (C=O) groups is 1. The number of fused-ring (bicyclic) bond motifs is 3. The number of nitrogens with one attached hydrogen (secondary N) is 3. The maximum absolute atomic E-state index is 13.1. The molecule has 154 valence electrons. The number of carbonyl (C=O) groups excluding carboxylic acids is 1. The number of imidazole rings is 1. The van der Waals surface area contributed by atoms with E-state index in [1.807, 2.05) is 60.7 Å². The quantitative estimate of drug-likeness (QED) is 0.369. The minimum atomic E-state index is -0.159. The Hall–Kier alpha value is -4.45. The molecule has 0 aliphatic carbocycles. The first kappa shape index (κ1) is 18.3. The highest BCUT2D eigenvalue weighted by atomic mass is 16.1. The van der Waals surface area contributed by atoms with E-state index in [9.17, 15) is 4.79 Å². The molecule has 4 aromatic carbocycles. The van der Waals surface area contributed by atoms with Gasteiger partial charge in [0.25, 0.3) is 5.91 Å². The number of hydrogen-bond acceptors (Lipinski definition) is 3. The van der Waals surface area contributed by atoms with Crippen LogP contribution in [0.1, 0.15) is 15.9 Å². The van der Waals surface area contributed by atoms with Crippen LogP contribution < -0.4 is 5.32 Å². The minimum absolute atomic E-state index is 0.159. The van der Waals surface area contributed by atoms with Gasteiger partial charge in [-0.1, -0.05) is 66.7 Å². The van der Waals surface area contributed by atoms with Crippen molar-refractivity contribution in [3.8, 4) is 11.5 Å². The predicted octanol–water partition coefficient (Wildman–Crippen LogP) is 5.19. The van der Waals surface area contributed by atoms with Crippen molar-refractivity contribution >= 4 is 38.6 Å². The summed E-state index contributed by atoms with van der Waals surface area (Å²) < 4.78 is 0. The number of nitrogens with zero attached hydrogens (tertiary/aromatic N) is 2. The van der Waals surface area contributed by atoms with Crippen molar-refractivity contribution < 1.29 is 4.79 Å². The summed E-state index contributed by atoms with van der Waals surface area (Å²) in [6.45, 7) is 0.442. The van der Waals surface area contributed by atoms with Gasteiger partial charge in [-0.05, 0) is 34.5 Å². The number of para-hydroxylation sites is 2. The second-order valence-electron chi connectivity index (χ2n) is 7.73. The first-order chi connectivity index (χ1) is 15.8. The predicted molar refractivity (Wildman–Crippen MR) is 126 cm³/mol. The molecular formula is C26H19N5O. The van der Waals surface area contributed by atoms with Crippen molar-refractivity contribution in [3.05, 3.63) is 96.1 Å². The Balaban J connectivity index is 1.33. The molecule has 0 saturated heterocycles. The summed E-state index contributed by atoms with van der Waals surface area (Å²) in [5.74, 6) is 0.472. The standard InChI is InChI=1S/C26H19N5O/c32-26(27-15-17-9-5-8-16-7-1-2-10-18(16)17)20-12-6-14-22-23(20)29-25(28-22)24-19-11-3-4-13-21(19)30-31-24/h1-14H,15H2,(H,27,32)(H,28,29)(H,30,31). The molecule has 6 heteroatoms. The molecule has 0 fully saturated rings. The molecule has 6 rings (SSSR count). The van der Waals surface area contributed by atoms with E-state index in [-0.39, 0.29) is 5.91 Å². The van der Waals surface area contributed by atoms with Crippen molar-refractivity contribution in [1.82, 2.24) is 25.5 Å². The highest BCUT2D eigenvalue weighted by Crippen LogP contribution is 2.27. The van der Waals surface area contributed by atoms with Gasteiger partial charge >= 0.3 is 0 Å². The topological polar surface area (TPSA) is 86.5 Å². The molecule has 3 N–H and O–H groups in total. The molecule has 0 aliphatic rings. The van der Waals surface area contributed by atoms with Gasteiger partial charge in [0.2, 0.25) is 0 Å². The number of aromatic amines is 2. The highest BCUT2D eigenvalue weighted by Gasteiger charge is 2.17. The first-order valence-electron chi connectivity index (χ1n) is 10.4. The highest BCUT2D eigenvalue weighted by molar-refractivity contribution is 6.06. The molecule has 0 aliphatic heterocycles. The molecule has 6 nitrogen and oxygen atoms in total. The summed E-state index contributed by atoms with van der Waals surface area (Å²) in [5.41, 5.74) is 4.71. The number of aromatic nitrogens is 4. The minimum Gasteiger partial charge on any atom is -0.348 e. The number of benzene rings is 4. The van der Waals surface area contributed by atoms with Crippen LogP contribution >= 0.6 is 0 Å². The van der Waals surface area contributed by atoms with Crippen LogP contribution in [0, 0.1) is 0 Å². The Kier molecular flexibility index (Phi) is 4.21. The molecule has 6 aromatic rings. The number of rotatable bonds is 4. The van der Waals surface area contributed by atoms with Crippen LogP contribution in [0.4, 0.5) is 0 Å². The van der Waals surface area contributed by atoms with Gasteiger partial charge in [-0.3, -0.25) is 9.89 Å². The maximum Gasteiger partial charge on any atom is 0.253 e. The third-order valence-corrected chi connectivity index (χ3v) is 5.77. The Morgan fingerprint density at radius 1 is 0.812 bits per heavy atom. The van der Waals surface area contributed by atoms with E-state index >= 15 is 0 Å². The largest absolute Gasteiger partial charge is 0.348 e. The van der Waals surface area contributed by atoms with Gasteiger partial charge in [-0.25, -0.2) is 4.98 Å². The van der Waals surface area contributed by atoms with Gasteiger partial charge in [0, 0.05) is 11.9 Å². The maximum atomic E-state index is 13.1. The zero-order valence-electron chi connectivity index (χ0n) is 17.1. The smallest absolute Gasteiger partial charge is 0.253 e. The lowest BCUT2D eigenvalue weighted by Gasteiger charge is -2.09. The van der Waals surface area contributed by atoms with Crippen LogP contribution in [-0.2, 0) is 6.54 Å². The van der Waals surface area contributed by atoms with Crippen molar-refractivity contribution in [2.75, 3.05) is 0 Å². The second kappa shape index (κ2) is 7.35. The Morgan fingerprint density at radius 2 is 1.56 bits per heavy atom. The fourth-order valence-electron chi connectivity index (χ4n) is 4.19. The summed E-state index contributed by atoms with van der Waals surface area (Å²) in [6.07, 6.45) is 0. The van der Waals surface area contributed by atoms with Crippen molar-refractivity contribution in [2.24, 2.45) is 0 Å². The van der Waals surface area contributed by atoms with Crippen LogP contribution in [0.2, 0.25) is 0 Å². The molecule has 0 atom stereocenters. The van der Waals surface area contributed by atoms with Gasteiger partial charge < -0.3 is 10.3 Å². The molecule has 0 bridgehead atoms. The van der Waals surface area contributed by atoms with E-state index in [0.717, 1.165) is 38.4 Å². The molecular weight excluding hydrogens is 398 g/mol. The lowest BCUT2D eigenvalue weighted by Crippen LogP contribution is -2.23. The van der Waals surface area contributed by atoms with Gasteiger partial charge in [-0.15, -0.1) is 0 Å². The summed E-state index contributed by atoms with van der Waals surface area (Å²) in [6, 6.07) is 27.8. The molecule has 2 heterocycles. The van der Waals surface area contributed by atoms with Crippen LogP contribution in [-0.4, -0.2) is 26.1 Å². The monoisotopic (exact) mass is 417 g/mol. The van der Waals surface area contributed by atoms with Gasteiger partial charge in [0.15, 0.2) is 5.82 Å². The molecule has 0 unspecified atom stereocenters. The lowest BCUT2D eigenvalue weighted by molar-refractivity contribution is 0.0952. The summed E-state index contributed by atoms with van der Waals surface area (Å²) in [7, 11) is 0. The zero-order valence-corrected chi connectivity index (χ0v) is 17.1. The van der Waals surface area contributed by atoms with E-state index in [4.69, 9.17) is 4.98 Å². The van der Waals surface area contributed by atoms with E-state index in [1.165, 1.54) is 0 Å². The van der Waals surface area contributed by atoms with Crippen LogP contribution in [0.5, 0.6) is 0 Å². The number of hydrogen-bond donors (Lipinski definition) is 3. The molecule has 1 amide bonds. The average Bonchev–Trinajstić information content (AvgIpc) is 3.46. The SMILES string of the molecule is O=C(NCc1cccc2ccccc12)c1cccc2[nH]c(-c3n[nH]c4ccccc34)nc12. The Labute approximate surface area is 183 Å². The number of H-pyrrole nitrogens is 2. The summed E-state index contributed by atoms with van der Waals surface area (Å²) in [4.78, 5) is 21.1. The fourth-order valence-corrected chi connectivity index (χ4v) is 4.19. The van der Waals surface area contributed by atoms with Crippen LogP contribution in [0.3, 0.4) is 0 Å². The third-order valence-electron chi connectivity index (χ3n) is 5.77. The molecule has 0 radical (unpaired) electrons. The Morgan fingerprint density at radius 3 is 2.50 bits per heavy atom. The van der Waals surface area contributed by atoms with Gasteiger partial charge in [0.05, 0.1) is 16.6 Å². The fraction of sp³-hybridized carbons (Fsp3) is 0.0385. The van der Waals surface area contributed by atoms with Crippen molar-refractivity contribution in [3.63, 3.8) is 0 Å². The zero-order chi connectivity index (χ0) is 21.5. The Bertz CT molecular complexity index is 1610. The second-order valence-corrected chi connectivity index (χ2v) is 7.73. The van der Waals surface area contributed by atoms with Gasteiger partial charge in [0.1, 0.15) is 11.2 Å². The van der Waals surface area contributed by atoms with Crippen molar-refractivity contribution in [2.45, 2.75) is 6.54 Å². The van der Waals surface area contributed by atoms with Crippen molar-refractivity contribution in [1.29, 1.82) is 0 Å². The normalized spacial score (nSPS) is 11.4. The molecule has 2 aromatic heterocycles. The molecule has 0 saturated carbocycles. The average molecular weight is 417 g/mol. The van der Waals surface area contributed by atoms with E-state index in [2.05, 4.69) is 38.7 Å². The molecule has 0 spiro atoms. The third kappa shape index (κ3) is 3.01. The van der Waals surface area contributed by atoms with Gasteiger partial charge in [-0.2, -0.15) is 5.10 Å². The summed E-state index contributed by atoms with van der Waals surface area (Å²) in [5, 5.41) is 13.8. The van der Waals surface area contributed by atoms with Crippen LogP contribution in [0.15, 0.2) is 84.9 Å². The van der Waals surface area contributed by atoms with E-state index < -0.39 is 0 Å². The first-order valence-corrected chi connectivity index (χ1v) is 10.4. The summed E-state index contributed by atoms with van der Waals surface area (Å²) >= 11 is 0. The molecule has 32 heavy (non-hydrogen) atoms. The van der Waals surface area contributed by atoms with E-state index in [0.29, 0.717) is 23.4 Å². The van der Waals surface area contributed by atoms with E-state index in [1.54, 1.807) is 6.07 Å². The van der Waals surface area contributed by atoms with Crippen LogP contribution in [0.25, 0.3) is 44.2 Å². The lowest BCUT2D eigenvalue weighted by atomic mass is 10.0.